The normalized spacial score (nSPS) is 16.2. The molecular formula is C13H20N4O5S. The Labute approximate surface area is 134 Å². The Balaban J connectivity index is 2.02. The van der Waals surface area contributed by atoms with E-state index in [0.717, 1.165) is 38.3 Å². The van der Waals surface area contributed by atoms with Crippen LogP contribution in [0.25, 0.3) is 0 Å². The molecule has 1 aromatic carbocycles. The highest BCUT2D eigenvalue weighted by atomic mass is 32.2. The fourth-order valence-corrected chi connectivity index (χ4v) is 3.37. The molecule has 0 radical (unpaired) electrons. The molecule has 1 fully saturated rings. The zero-order valence-corrected chi connectivity index (χ0v) is 13.6. The molecule has 9 nitrogen and oxygen atoms in total. The monoisotopic (exact) mass is 344 g/mol. The van der Waals surface area contributed by atoms with Gasteiger partial charge in [-0.3, -0.25) is 15.0 Å². The van der Waals surface area contributed by atoms with Crippen molar-refractivity contribution in [1.82, 2.24) is 14.9 Å². The summed E-state index contributed by atoms with van der Waals surface area (Å²) >= 11 is 0. The molecular weight excluding hydrogens is 324 g/mol. The first-order chi connectivity index (χ1) is 10.9. The molecule has 0 aromatic heterocycles. The van der Waals surface area contributed by atoms with Crippen LogP contribution in [-0.2, 0) is 10.0 Å². The number of ether oxygens (including phenoxy) is 1. The molecule has 0 atom stereocenters. The summed E-state index contributed by atoms with van der Waals surface area (Å²) in [6.07, 6.45) is 0. The first-order valence-electron chi connectivity index (χ1n) is 7.19. The van der Waals surface area contributed by atoms with Gasteiger partial charge in [0.15, 0.2) is 5.75 Å². The van der Waals surface area contributed by atoms with E-state index < -0.39 is 14.9 Å². The topological polar surface area (TPSA) is 114 Å². The van der Waals surface area contributed by atoms with Crippen molar-refractivity contribution in [3.8, 4) is 5.75 Å². The Morgan fingerprint density at radius 3 is 2.70 bits per heavy atom. The Bertz CT molecular complexity index is 658. The van der Waals surface area contributed by atoms with E-state index in [9.17, 15) is 18.5 Å². The van der Waals surface area contributed by atoms with E-state index >= 15 is 0 Å². The summed E-state index contributed by atoms with van der Waals surface area (Å²) in [7, 11) is -2.47. The van der Waals surface area contributed by atoms with E-state index in [1.165, 1.54) is 13.2 Å². The number of benzene rings is 1. The van der Waals surface area contributed by atoms with E-state index in [1.54, 1.807) is 0 Å². The quantitative estimate of drug-likeness (QED) is 0.519. The molecule has 0 bridgehead atoms. The zero-order chi connectivity index (χ0) is 16.9. The predicted molar refractivity (Wildman–Crippen MR) is 84.1 cm³/mol. The molecule has 0 unspecified atom stereocenters. The van der Waals surface area contributed by atoms with E-state index in [4.69, 9.17) is 4.74 Å². The van der Waals surface area contributed by atoms with Crippen molar-refractivity contribution in [2.75, 3.05) is 46.4 Å². The number of nitro benzene ring substituents is 1. The summed E-state index contributed by atoms with van der Waals surface area (Å²) in [6, 6.07) is 3.49. The minimum atomic E-state index is -3.73. The lowest BCUT2D eigenvalue weighted by molar-refractivity contribution is -0.385. The van der Waals surface area contributed by atoms with Crippen LogP contribution in [0.4, 0.5) is 5.69 Å². The van der Waals surface area contributed by atoms with E-state index in [2.05, 4.69) is 14.9 Å². The number of nitrogens with one attached hydrogen (secondary N) is 2. The Hall–Kier alpha value is -1.75. The van der Waals surface area contributed by atoms with Gasteiger partial charge < -0.3 is 10.1 Å². The Morgan fingerprint density at radius 2 is 2.09 bits per heavy atom. The van der Waals surface area contributed by atoms with Gasteiger partial charge in [-0.25, -0.2) is 13.1 Å². The number of nitrogens with zero attached hydrogens (tertiary/aromatic N) is 2. The highest BCUT2D eigenvalue weighted by Gasteiger charge is 2.21. The van der Waals surface area contributed by atoms with Crippen LogP contribution in [0, 0.1) is 10.1 Å². The zero-order valence-electron chi connectivity index (χ0n) is 12.8. The average molecular weight is 344 g/mol. The summed E-state index contributed by atoms with van der Waals surface area (Å²) in [5.74, 6) is -0.0834. The smallest absolute Gasteiger partial charge is 0.310 e. The van der Waals surface area contributed by atoms with Crippen molar-refractivity contribution in [1.29, 1.82) is 0 Å². The summed E-state index contributed by atoms with van der Waals surface area (Å²) in [6.45, 7) is 4.45. The van der Waals surface area contributed by atoms with Gasteiger partial charge in [-0.1, -0.05) is 0 Å². The van der Waals surface area contributed by atoms with E-state index in [0.29, 0.717) is 6.54 Å². The fraction of sp³-hybridized carbons (Fsp3) is 0.538. The maximum Gasteiger partial charge on any atom is 0.310 e. The number of sulfonamides is 1. The van der Waals surface area contributed by atoms with Crippen molar-refractivity contribution in [2.45, 2.75) is 4.90 Å². The third-order valence-electron chi connectivity index (χ3n) is 3.59. The molecule has 1 aliphatic heterocycles. The van der Waals surface area contributed by atoms with Crippen LogP contribution in [0.3, 0.4) is 0 Å². The highest BCUT2D eigenvalue weighted by molar-refractivity contribution is 7.89. The third kappa shape index (κ3) is 4.61. The summed E-state index contributed by atoms with van der Waals surface area (Å²) in [4.78, 5) is 12.3. The second-order valence-corrected chi connectivity index (χ2v) is 6.85. The summed E-state index contributed by atoms with van der Waals surface area (Å²) in [5.41, 5.74) is -0.271. The van der Waals surface area contributed by atoms with Gasteiger partial charge in [0.25, 0.3) is 0 Å². The van der Waals surface area contributed by atoms with Gasteiger partial charge in [-0.05, 0) is 6.07 Å². The largest absolute Gasteiger partial charge is 0.490 e. The number of rotatable bonds is 7. The van der Waals surface area contributed by atoms with Crippen LogP contribution in [0.15, 0.2) is 23.1 Å². The number of hydrogen-bond acceptors (Lipinski definition) is 7. The molecule has 0 saturated carbocycles. The summed E-state index contributed by atoms with van der Waals surface area (Å²) < 4.78 is 31.9. The molecule has 23 heavy (non-hydrogen) atoms. The van der Waals surface area contributed by atoms with Crippen LogP contribution in [0.1, 0.15) is 0 Å². The number of nitro groups is 1. The molecule has 1 saturated heterocycles. The van der Waals surface area contributed by atoms with Crippen LogP contribution in [0.5, 0.6) is 5.75 Å². The van der Waals surface area contributed by atoms with Crippen molar-refractivity contribution in [2.24, 2.45) is 0 Å². The van der Waals surface area contributed by atoms with Gasteiger partial charge in [-0.15, -0.1) is 0 Å². The molecule has 1 aromatic rings. The second-order valence-electron chi connectivity index (χ2n) is 5.08. The number of methoxy groups -OCH3 is 1. The maximum atomic E-state index is 12.3. The standard InChI is InChI=1S/C13H20N4O5S/c1-22-13-10-11(2-3-12(13)17(18)19)23(20,21)15-6-9-16-7-4-14-5-8-16/h2-3,10,14-15H,4-9H2,1H3. The van der Waals surface area contributed by atoms with Crippen molar-refractivity contribution >= 4 is 15.7 Å². The third-order valence-corrected chi connectivity index (χ3v) is 5.05. The SMILES string of the molecule is COc1cc(S(=O)(=O)NCCN2CCNCC2)ccc1[N+](=O)[O-]. The van der Waals surface area contributed by atoms with Crippen molar-refractivity contribution < 1.29 is 18.1 Å². The minimum absolute atomic E-state index is 0.0553. The van der Waals surface area contributed by atoms with E-state index in [-0.39, 0.29) is 22.9 Å². The Kier molecular flexibility index (Phi) is 5.88. The molecule has 128 valence electrons. The number of hydrogen-bond donors (Lipinski definition) is 2. The van der Waals surface area contributed by atoms with Crippen LogP contribution < -0.4 is 14.8 Å². The second kappa shape index (κ2) is 7.68. The lowest BCUT2D eigenvalue weighted by Crippen LogP contribution is -2.46. The lowest BCUT2D eigenvalue weighted by atomic mass is 10.3. The summed E-state index contributed by atoms with van der Waals surface area (Å²) in [5, 5.41) is 14.1. The van der Waals surface area contributed by atoms with Gasteiger partial charge in [0.05, 0.1) is 16.9 Å². The van der Waals surface area contributed by atoms with Gasteiger partial charge in [-0.2, -0.15) is 0 Å². The molecule has 1 aliphatic rings. The average Bonchev–Trinajstić information content (AvgIpc) is 2.55. The predicted octanol–water partition coefficient (Wildman–Crippen LogP) is -0.213. The van der Waals surface area contributed by atoms with Crippen molar-refractivity contribution in [3.05, 3.63) is 28.3 Å². The maximum absolute atomic E-state index is 12.3. The highest BCUT2D eigenvalue weighted by Crippen LogP contribution is 2.29. The molecule has 10 heteroatoms. The van der Waals surface area contributed by atoms with Crippen LogP contribution in [-0.4, -0.2) is 64.6 Å². The van der Waals surface area contributed by atoms with Crippen molar-refractivity contribution in [3.63, 3.8) is 0 Å². The fourth-order valence-electron chi connectivity index (χ4n) is 2.33. The Morgan fingerprint density at radius 1 is 1.39 bits per heavy atom. The molecule has 2 rings (SSSR count). The molecule has 0 amide bonds. The number of piperazine rings is 1. The molecule has 2 N–H and O–H groups in total. The molecule has 1 heterocycles. The van der Waals surface area contributed by atoms with Gasteiger partial charge >= 0.3 is 5.69 Å². The van der Waals surface area contributed by atoms with Gasteiger partial charge in [0.1, 0.15) is 0 Å². The van der Waals surface area contributed by atoms with Gasteiger partial charge in [0.2, 0.25) is 10.0 Å². The first kappa shape index (κ1) is 17.6. The lowest BCUT2D eigenvalue weighted by Gasteiger charge is -2.27. The molecule has 0 spiro atoms. The van der Waals surface area contributed by atoms with Crippen LogP contribution >= 0.6 is 0 Å². The van der Waals surface area contributed by atoms with Crippen LogP contribution in [0.2, 0.25) is 0 Å². The first-order valence-corrected chi connectivity index (χ1v) is 8.67. The minimum Gasteiger partial charge on any atom is -0.490 e. The molecule has 0 aliphatic carbocycles. The van der Waals surface area contributed by atoms with Gasteiger partial charge in [0, 0.05) is 51.4 Å². The van der Waals surface area contributed by atoms with E-state index in [1.807, 2.05) is 0 Å².